The van der Waals surface area contributed by atoms with Crippen LogP contribution >= 0.6 is 15.9 Å². The van der Waals surface area contributed by atoms with E-state index >= 15 is 0 Å². The summed E-state index contributed by atoms with van der Waals surface area (Å²) < 4.78 is 5.93. The highest BCUT2D eigenvalue weighted by atomic mass is 79.9. The summed E-state index contributed by atoms with van der Waals surface area (Å²) in [6.07, 6.45) is 3.30. The van der Waals surface area contributed by atoms with Crippen molar-refractivity contribution in [3.63, 3.8) is 0 Å². The van der Waals surface area contributed by atoms with E-state index in [1.165, 1.54) is 22.3 Å². The maximum atomic E-state index is 5.93. The molecule has 1 heterocycles. The molecule has 0 radical (unpaired) electrons. The Bertz CT molecular complexity index is 567. The minimum absolute atomic E-state index is 0.638. The zero-order valence-corrected chi connectivity index (χ0v) is 12.2. The third-order valence-corrected chi connectivity index (χ3v) is 3.78. The molecular weight excluding hydrogens is 300 g/mol. The molecule has 0 aromatic heterocycles. The van der Waals surface area contributed by atoms with Gasteiger partial charge in [0.2, 0.25) is 0 Å². The minimum Gasteiger partial charge on any atom is -0.488 e. The van der Waals surface area contributed by atoms with Gasteiger partial charge in [-0.25, -0.2) is 0 Å². The van der Waals surface area contributed by atoms with Gasteiger partial charge in [0.05, 0.1) is 0 Å². The topological polar surface area (TPSA) is 9.23 Å². The fraction of sp³-hybridized carbons (Fsp3) is 0.176. The van der Waals surface area contributed by atoms with Crippen molar-refractivity contribution in [1.29, 1.82) is 0 Å². The molecule has 0 saturated heterocycles. The number of para-hydroxylation sites is 1. The summed E-state index contributed by atoms with van der Waals surface area (Å²) >= 11 is 3.50. The first-order chi connectivity index (χ1) is 9.40. The molecule has 0 spiro atoms. The maximum absolute atomic E-state index is 5.93. The highest BCUT2D eigenvalue weighted by molar-refractivity contribution is 9.09. The van der Waals surface area contributed by atoms with E-state index in [1.54, 1.807) is 0 Å². The second kappa shape index (κ2) is 5.62. The second-order valence-corrected chi connectivity index (χ2v) is 5.33. The Hall–Kier alpha value is -1.54. The van der Waals surface area contributed by atoms with Crippen LogP contribution in [0.2, 0.25) is 0 Å². The number of fused-ring (bicyclic) bond motifs is 2. The van der Waals surface area contributed by atoms with Crippen molar-refractivity contribution >= 4 is 21.5 Å². The van der Waals surface area contributed by atoms with E-state index < -0.39 is 0 Å². The highest BCUT2D eigenvalue weighted by Crippen LogP contribution is 2.36. The fourth-order valence-electron chi connectivity index (χ4n) is 2.44. The average molecular weight is 315 g/mol. The normalized spacial score (nSPS) is 15.3. The van der Waals surface area contributed by atoms with E-state index in [0.717, 1.165) is 17.5 Å². The zero-order chi connectivity index (χ0) is 13.1. The molecule has 1 aliphatic rings. The molecule has 0 bridgehead atoms. The van der Waals surface area contributed by atoms with Crippen molar-refractivity contribution < 1.29 is 4.74 Å². The van der Waals surface area contributed by atoms with Gasteiger partial charge >= 0.3 is 0 Å². The molecule has 1 nitrogen and oxygen atoms in total. The summed E-state index contributed by atoms with van der Waals surface area (Å²) in [4.78, 5) is 0. The van der Waals surface area contributed by atoms with Gasteiger partial charge in [0.15, 0.2) is 0 Å². The Morgan fingerprint density at radius 1 is 1.00 bits per heavy atom. The van der Waals surface area contributed by atoms with E-state index in [9.17, 15) is 0 Å². The summed E-state index contributed by atoms with van der Waals surface area (Å²) in [7, 11) is 0. The largest absolute Gasteiger partial charge is 0.488 e. The molecule has 0 unspecified atom stereocenters. The lowest BCUT2D eigenvalue weighted by molar-refractivity contribution is 0.307. The molecule has 1 aliphatic heterocycles. The molecule has 0 fully saturated rings. The third kappa shape index (κ3) is 2.45. The maximum Gasteiger partial charge on any atom is 0.127 e. The van der Waals surface area contributed by atoms with E-state index in [-0.39, 0.29) is 0 Å². The summed E-state index contributed by atoms with van der Waals surface area (Å²) in [5.41, 5.74) is 5.00. The number of alkyl halides is 1. The Balaban J connectivity index is 2.19. The average Bonchev–Trinajstić information content (AvgIpc) is 2.62. The molecular formula is C17H15BrO. The molecule has 0 saturated carbocycles. The first kappa shape index (κ1) is 12.5. The summed E-state index contributed by atoms with van der Waals surface area (Å²) in [5, 5.41) is 0.974. The van der Waals surface area contributed by atoms with Crippen molar-refractivity contribution in [3.05, 3.63) is 71.3 Å². The Kier molecular flexibility index (Phi) is 3.69. The Morgan fingerprint density at radius 3 is 2.58 bits per heavy atom. The van der Waals surface area contributed by atoms with Gasteiger partial charge < -0.3 is 4.74 Å². The van der Waals surface area contributed by atoms with Crippen LogP contribution in [0.5, 0.6) is 5.75 Å². The smallest absolute Gasteiger partial charge is 0.127 e. The highest BCUT2D eigenvalue weighted by Gasteiger charge is 2.17. The van der Waals surface area contributed by atoms with Crippen LogP contribution in [-0.2, 0) is 6.61 Å². The van der Waals surface area contributed by atoms with E-state index in [0.29, 0.717) is 6.61 Å². The van der Waals surface area contributed by atoms with E-state index in [4.69, 9.17) is 4.74 Å². The predicted octanol–water partition coefficient (Wildman–Crippen LogP) is 4.80. The van der Waals surface area contributed by atoms with Gasteiger partial charge in [-0.1, -0.05) is 64.5 Å². The lowest BCUT2D eigenvalue weighted by Gasteiger charge is -2.09. The van der Waals surface area contributed by atoms with Crippen molar-refractivity contribution in [3.8, 4) is 5.75 Å². The lowest BCUT2D eigenvalue weighted by Crippen LogP contribution is -1.94. The fourth-order valence-corrected chi connectivity index (χ4v) is 2.67. The predicted molar refractivity (Wildman–Crippen MR) is 82.7 cm³/mol. The van der Waals surface area contributed by atoms with Crippen molar-refractivity contribution in [2.75, 3.05) is 5.33 Å². The molecule has 2 heteroatoms. The van der Waals surface area contributed by atoms with Gasteiger partial charge in [-0.15, -0.1) is 0 Å². The number of hydrogen-bond donors (Lipinski definition) is 0. The van der Waals surface area contributed by atoms with Crippen LogP contribution in [0.15, 0.2) is 54.6 Å². The molecule has 0 aliphatic carbocycles. The number of halogens is 1. The summed E-state index contributed by atoms with van der Waals surface area (Å²) in [6.45, 7) is 0.638. The molecule has 2 aromatic rings. The van der Waals surface area contributed by atoms with Crippen LogP contribution in [-0.4, -0.2) is 5.33 Å². The van der Waals surface area contributed by atoms with Crippen LogP contribution in [0.25, 0.3) is 5.57 Å². The van der Waals surface area contributed by atoms with Gasteiger partial charge in [0.25, 0.3) is 0 Å². The Labute approximate surface area is 122 Å². The van der Waals surface area contributed by atoms with E-state index in [2.05, 4.69) is 58.4 Å². The van der Waals surface area contributed by atoms with Crippen molar-refractivity contribution in [2.45, 2.75) is 13.0 Å². The molecule has 96 valence electrons. The van der Waals surface area contributed by atoms with Gasteiger partial charge in [-0.3, -0.25) is 0 Å². The molecule has 2 aromatic carbocycles. The minimum atomic E-state index is 0.638. The van der Waals surface area contributed by atoms with Gasteiger partial charge in [-0.05, 0) is 29.2 Å². The van der Waals surface area contributed by atoms with Gasteiger partial charge in [-0.2, -0.15) is 0 Å². The Morgan fingerprint density at radius 2 is 1.74 bits per heavy atom. The second-order valence-electron chi connectivity index (χ2n) is 4.54. The SMILES string of the molecule is BrCC/C=C1\c2ccccc2COc2ccccc21. The first-order valence-electron chi connectivity index (χ1n) is 6.47. The third-order valence-electron chi connectivity index (χ3n) is 3.33. The molecule has 0 N–H and O–H groups in total. The first-order valence-corrected chi connectivity index (χ1v) is 7.59. The number of rotatable bonds is 2. The van der Waals surface area contributed by atoms with Crippen LogP contribution < -0.4 is 4.74 Å². The van der Waals surface area contributed by atoms with Crippen LogP contribution in [0.3, 0.4) is 0 Å². The summed E-state index contributed by atoms with van der Waals surface area (Å²) in [5.74, 6) is 0.972. The van der Waals surface area contributed by atoms with Crippen LogP contribution in [0.4, 0.5) is 0 Å². The molecule has 0 amide bonds. The molecule has 3 rings (SSSR count). The number of allylic oxidation sites excluding steroid dienone is 1. The van der Waals surface area contributed by atoms with Crippen molar-refractivity contribution in [1.82, 2.24) is 0 Å². The quantitative estimate of drug-likeness (QED) is 0.724. The standard InChI is InChI=1S/C17H15BrO/c18-11-5-9-15-14-7-2-1-6-13(14)12-19-17-10-4-3-8-16(15)17/h1-4,6-10H,5,11-12H2/b15-9+. The van der Waals surface area contributed by atoms with Gasteiger partial charge in [0.1, 0.15) is 12.4 Å². The van der Waals surface area contributed by atoms with Crippen LogP contribution in [0.1, 0.15) is 23.1 Å². The zero-order valence-electron chi connectivity index (χ0n) is 10.6. The van der Waals surface area contributed by atoms with Crippen molar-refractivity contribution in [2.24, 2.45) is 0 Å². The van der Waals surface area contributed by atoms with Crippen LogP contribution in [0, 0.1) is 0 Å². The van der Waals surface area contributed by atoms with E-state index in [1.807, 2.05) is 12.1 Å². The number of benzene rings is 2. The number of hydrogen-bond acceptors (Lipinski definition) is 1. The molecule has 0 atom stereocenters. The number of ether oxygens (including phenoxy) is 1. The van der Waals surface area contributed by atoms with Gasteiger partial charge in [0, 0.05) is 10.9 Å². The lowest BCUT2D eigenvalue weighted by atomic mass is 9.94. The monoisotopic (exact) mass is 314 g/mol. The summed E-state index contributed by atoms with van der Waals surface area (Å²) in [6, 6.07) is 16.8. The molecule has 19 heavy (non-hydrogen) atoms.